The van der Waals surface area contributed by atoms with Gasteiger partial charge in [-0.3, -0.25) is 4.68 Å². The van der Waals surface area contributed by atoms with Crippen molar-refractivity contribution in [1.29, 1.82) is 0 Å². The molecule has 0 fully saturated rings. The number of aryl methyl sites for hydroxylation is 3. The van der Waals surface area contributed by atoms with Crippen molar-refractivity contribution in [1.82, 2.24) is 19.3 Å². The van der Waals surface area contributed by atoms with E-state index in [1.807, 2.05) is 47.4 Å². The summed E-state index contributed by atoms with van der Waals surface area (Å²) in [6, 6.07) is 34.1. The SMILES string of the molecule is CCCc1cc(C)c(-c2cnn(-c3[c-]c(Oc4[c-]c5c(cc4)c4ccccc4n5-c4cc(C)ccn4)ccc3)c2)c(C(C)(C)C)c1.[Pt+2]. The number of pyridine rings is 1. The zero-order chi connectivity index (χ0) is 32.0. The van der Waals surface area contributed by atoms with Crippen LogP contribution in [0.25, 0.3) is 44.4 Å². The number of rotatable bonds is 7. The second kappa shape index (κ2) is 13.0. The Balaban J connectivity index is 0.00000386. The Morgan fingerprint density at radius 3 is 2.45 bits per heavy atom. The summed E-state index contributed by atoms with van der Waals surface area (Å²) in [7, 11) is 0. The van der Waals surface area contributed by atoms with Crippen molar-refractivity contribution in [2.75, 3.05) is 0 Å². The van der Waals surface area contributed by atoms with Crippen molar-refractivity contribution >= 4 is 21.8 Å². The number of ether oxygens (including phenoxy) is 1. The van der Waals surface area contributed by atoms with Gasteiger partial charge in [-0.1, -0.05) is 70.0 Å². The van der Waals surface area contributed by atoms with Gasteiger partial charge in [0.1, 0.15) is 5.82 Å². The number of fused-ring (bicyclic) bond motifs is 3. The van der Waals surface area contributed by atoms with Crippen LogP contribution in [-0.2, 0) is 32.9 Å². The molecule has 6 heteroatoms. The molecule has 5 nitrogen and oxygen atoms in total. The molecule has 3 aromatic heterocycles. The maximum absolute atomic E-state index is 6.38. The normalized spacial score (nSPS) is 11.6. The molecule has 238 valence electrons. The molecule has 0 saturated heterocycles. The number of hydrogen-bond acceptors (Lipinski definition) is 3. The summed E-state index contributed by atoms with van der Waals surface area (Å²) in [5.74, 6) is 2.06. The van der Waals surface area contributed by atoms with Crippen molar-refractivity contribution in [2.45, 2.75) is 59.8 Å². The molecule has 4 aromatic carbocycles. The average molecular weight is 798 g/mol. The zero-order valence-electron chi connectivity index (χ0n) is 27.7. The van der Waals surface area contributed by atoms with Gasteiger partial charge in [-0.05, 0) is 82.8 Å². The van der Waals surface area contributed by atoms with E-state index in [9.17, 15) is 0 Å². The van der Waals surface area contributed by atoms with Gasteiger partial charge in [-0.25, -0.2) is 4.98 Å². The standard InChI is InChI=1S/C41H38N4O.Pt/c1-7-11-29-21-28(3)40(36(22-29)41(4,5)6)30-25-43-44(26-30)31-12-10-13-32(23-31)46-33-16-17-35-34-14-8-9-15-37(34)45(38(35)24-33)39-20-27(2)18-19-42-39;/h8-10,12-22,25-26H,7,11H2,1-6H3;/q-2;+2. The average Bonchev–Trinajstić information content (AvgIpc) is 3.64. The molecule has 47 heavy (non-hydrogen) atoms. The van der Waals surface area contributed by atoms with E-state index in [1.165, 1.54) is 22.3 Å². The zero-order valence-corrected chi connectivity index (χ0v) is 29.9. The maximum atomic E-state index is 6.38. The first-order chi connectivity index (χ1) is 22.2. The molecular formula is C41H38N4OPt. The fourth-order valence-electron chi connectivity index (χ4n) is 6.42. The summed E-state index contributed by atoms with van der Waals surface area (Å²) in [5, 5.41) is 7.01. The van der Waals surface area contributed by atoms with E-state index in [-0.39, 0.29) is 26.5 Å². The van der Waals surface area contributed by atoms with Crippen LogP contribution in [0, 0.1) is 26.0 Å². The Bertz CT molecular complexity index is 2220. The molecule has 0 unspecified atom stereocenters. The molecule has 0 bridgehead atoms. The molecule has 0 aliphatic rings. The molecule has 3 heterocycles. The minimum atomic E-state index is 0. The van der Waals surface area contributed by atoms with Gasteiger partial charge >= 0.3 is 21.1 Å². The van der Waals surface area contributed by atoms with E-state index < -0.39 is 0 Å². The van der Waals surface area contributed by atoms with E-state index in [0.717, 1.165) is 57.3 Å². The fourth-order valence-corrected chi connectivity index (χ4v) is 6.42. The minimum absolute atomic E-state index is 0. The Labute approximate surface area is 291 Å². The van der Waals surface area contributed by atoms with Crippen LogP contribution >= 0.6 is 0 Å². The smallest absolute Gasteiger partial charge is 0.509 e. The number of hydrogen-bond donors (Lipinski definition) is 0. The summed E-state index contributed by atoms with van der Waals surface area (Å²) in [6.45, 7) is 13.4. The van der Waals surface area contributed by atoms with Crippen LogP contribution in [0.2, 0.25) is 0 Å². The third kappa shape index (κ3) is 6.29. The maximum Gasteiger partial charge on any atom is 2.00 e. The van der Waals surface area contributed by atoms with Crippen LogP contribution in [0.3, 0.4) is 0 Å². The van der Waals surface area contributed by atoms with Gasteiger partial charge in [-0.15, -0.1) is 35.7 Å². The molecule has 0 radical (unpaired) electrons. The first-order valence-corrected chi connectivity index (χ1v) is 16.0. The monoisotopic (exact) mass is 797 g/mol. The molecular weight excluding hydrogens is 760 g/mol. The molecule has 7 aromatic rings. The van der Waals surface area contributed by atoms with E-state index in [2.05, 4.69) is 118 Å². The Kier molecular flexibility index (Phi) is 8.96. The molecule has 0 amide bonds. The number of para-hydroxylation sites is 1. The summed E-state index contributed by atoms with van der Waals surface area (Å²) in [6.07, 6.45) is 8.12. The van der Waals surface area contributed by atoms with Gasteiger partial charge < -0.3 is 9.30 Å². The predicted molar refractivity (Wildman–Crippen MR) is 187 cm³/mol. The van der Waals surface area contributed by atoms with Gasteiger partial charge in [-0.2, -0.15) is 17.2 Å². The third-order valence-electron chi connectivity index (χ3n) is 8.52. The van der Waals surface area contributed by atoms with Crippen molar-refractivity contribution in [2.24, 2.45) is 0 Å². The predicted octanol–water partition coefficient (Wildman–Crippen LogP) is 10.3. The minimum Gasteiger partial charge on any atom is -0.509 e. The van der Waals surface area contributed by atoms with E-state index in [1.54, 1.807) is 0 Å². The summed E-state index contributed by atoms with van der Waals surface area (Å²) in [4.78, 5) is 4.69. The van der Waals surface area contributed by atoms with Crippen molar-refractivity contribution in [3.8, 4) is 34.1 Å². The third-order valence-corrected chi connectivity index (χ3v) is 8.52. The van der Waals surface area contributed by atoms with E-state index >= 15 is 0 Å². The number of aromatic nitrogens is 4. The number of nitrogens with zero attached hydrogens (tertiary/aromatic N) is 4. The van der Waals surface area contributed by atoms with Crippen molar-refractivity contribution in [3.05, 3.63) is 132 Å². The molecule has 0 aliphatic heterocycles. The van der Waals surface area contributed by atoms with Gasteiger partial charge in [0, 0.05) is 35.0 Å². The fraction of sp³-hybridized carbons (Fsp3) is 0.220. The van der Waals surface area contributed by atoms with Crippen molar-refractivity contribution < 1.29 is 25.8 Å². The molecule has 7 rings (SSSR count). The van der Waals surface area contributed by atoms with Crippen LogP contribution in [-0.4, -0.2) is 19.3 Å². The quantitative estimate of drug-likeness (QED) is 0.151. The Hall–Kier alpha value is -4.47. The molecule has 0 N–H and O–H groups in total. The first kappa shape index (κ1) is 32.5. The first-order valence-electron chi connectivity index (χ1n) is 16.0. The molecule has 0 atom stereocenters. The van der Waals surface area contributed by atoms with Crippen molar-refractivity contribution in [3.63, 3.8) is 0 Å². The van der Waals surface area contributed by atoms with Crippen LogP contribution in [0.4, 0.5) is 0 Å². The number of benzene rings is 4. The summed E-state index contributed by atoms with van der Waals surface area (Å²) in [5.41, 5.74) is 10.3. The largest absolute Gasteiger partial charge is 2.00 e. The van der Waals surface area contributed by atoms with Crippen LogP contribution in [0.1, 0.15) is 56.4 Å². The molecule has 0 aliphatic carbocycles. The second-order valence-corrected chi connectivity index (χ2v) is 13.1. The summed E-state index contributed by atoms with van der Waals surface area (Å²) >= 11 is 0. The van der Waals surface area contributed by atoms with Gasteiger partial charge in [0.05, 0.1) is 6.20 Å². The Morgan fingerprint density at radius 1 is 0.851 bits per heavy atom. The van der Waals surface area contributed by atoms with Gasteiger partial charge in [0.25, 0.3) is 0 Å². The second-order valence-electron chi connectivity index (χ2n) is 13.1. The Morgan fingerprint density at radius 2 is 1.66 bits per heavy atom. The summed E-state index contributed by atoms with van der Waals surface area (Å²) < 4.78 is 10.4. The van der Waals surface area contributed by atoms with E-state index in [4.69, 9.17) is 9.84 Å². The van der Waals surface area contributed by atoms with Crippen LogP contribution in [0.15, 0.2) is 97.5 Å². The van der Waals surface area contributed by atoms with Crippen LogP contribution < -0.4 is 4.74 Å². The van der Waals surface area contributed by atoms with Gasteiger partial charge in [0.15, 0.2) is 0 Å². The molecule has 0 spiro atoms. The molecule has 0 saturated carbocycles. The van der Waals surface area contributed by atoms with Crippen LogP contribution in [0.5, 0.6) is 11.5 Å². The topological polar surface area (TPSA) is 44.9 Å². The van der Waals surface area contributed by atoms with E-state index in [0.29, 0.717) is 11.5 Å². The van der Waals surface area contributed by atoms with Gasteiger partial charge in [0.2, 0.25) is 0 Å².